The normalized spacial score (nSPS) is 11.5. The number of nitrogens with one attached hydrogen (secondary N) is 2. The second-order valence-electron chi connectivity index (χ2n) is 5.92. The first kappa shape index (κ1) is 26.7. The monoisotopic (exact) mass is 528 g/mol. The van der Waals surface area contributed by atoms with Gasteiger partial charge in [0.05, 0.1) is 20.0 Å². The molecule has 0 aromatic heterocycles. The number of hydrogen-bond donors (Lipinski definition) is 2. The predicted molar refractivity (Wildman–Crippen MR) is 124 cm³/mol. The zero-order valence-corrected chi connectivity index (χ0v) is 20.5. The van der Waals surface area contributed by atoms with Gasteiger partial charge in [-0.2, -0.15) is 0 Å². The van der Waals surface area contributed by atoms with Gasteiger partial charge >= 0.3 is 0 Å². The number of rotatable bonds is 11. The van der Waals surface area contributed by atoms with Crippen molar-refractivity contribution in [3.63, 3.8) is 0 Å². The van der Waals surface area contributed by atoms with E-state index in [0.717, 1.165) is 29.6 Å². The standard InChI is InChI=1S/C18H32N4O4S.HI/c1-6-19-18(20-11-8-12-21-27(23,24)7-2)22(3)14-15-9-10-16(25-4)13-17(15)26-5;/h9-10,13,21H,6-8,11-12,14H2,1-5H3,(H,19,20);1H. The Hall–Kier alpha value is -1.27. The number of guanidine groups is 1. The maximum absolute atomic E-state index is 11.4. The van der Waals surface area contributed by atoms with Crippen LogP contribution >= 0.6 is 24.0 Å². The molecule has 0 aliphatic rings. The number of nitrogens with zero attached hydrogens (tertiary/aromatic N) is 2. The highest BCUT2D eigenvalue weighted by Crippen LogP contribution is 2.25. The summed E-state index contributed by atoms with van der Waals surface area (Å²) in [6.07, 6.45) is 0.633. The molecule has 8 nitrogen and oxygen atoms in total. The summed E-state index contributed by atoms with van der Waals surface area (Å²) in [5.41, 5.74) is 1.02. The Morgan fingerprint density at radius 2 is 1.93 bits per heavy atom. The van der Waals surface area contributed by atoms with Crippen LogP contribution in [0.3, 0.4) is 0 Å². The molecular formula is C18H33IN4O4S. The summed E-state index contributed by atoms with van der Waals surface area (Å²) in [7, 11) is 2.06. The van der Waals surface area contributed by atoms with Crippen molar-refractivity contribution in [1.29, 1.82) is 0 Å². The molecule has 1 rings (SSSR count). The van der Waals surface area contributed by atoms with E-state index in [1.54, 1.807) is 21.1 Å². The molecule has 0 aliphatic heterocycles. The second-order valence-corrected chi connectivity index (χ2v) is 8.02. The minimum Gasteiger partial charge on any atom is -0.497 e. The van der Waals surface area contributed by atoms with Crippen LogP contribution in [0.5, 0.6) is 11.5 Å². The molecule has 0 atom stereocenters. The molecule has 28 heavy (non-hydrogen) atoms. The molecule has 2 N–H and O–H groups in total. The number of sulfonamides is 1. The van der Waals surface area contributed by atoms with Crippen LogP contribution in [-0.2, 0) is 16.6 Å². The summed E-state index contributed by atoms with van der Waals surface area (Å²) < 4.78 is 36.1. The predicted octanol–water partition coefficient (Wildman–Crippen LogP) is 2.05. The fraction of sp³-hybridized carbons (Fsp3) is 0.611. The van der Waals surface area contributed by atoms with Crippen LogP contribution in [-0.4, -0.2) is 65.9 Å². The molecule has 0 spiro atoms. The first-order chi connectivity index (χ1) is 12.9. The van der Waals surface area contributed by atoms with Crippen LogP contribution in [0.4, 0.5) is 0 Å². The van der Waals surface area contributed by atoms with Gasteiger partial charge in [0.25, 0.3) is 0 Å². The van der Waals surface area contributed by atoms with Crippen molar-refractivity contribution in [2.45, 2.75) is 26.8 Å². The van der Waals surface area contributed by atoms with E-state index in [2.05, 4.69) is 15.0 Å². The number of methoxy groups -OCH3 is 2. The summed E-state index contributed by atoms with van der Waals surface area (Å²) in [5, 5.41) is 3.25. The van der Waals surface area contributed by atoms with Gasteiger partial charge in [0.1, 0.15) is 11.5 Å². The van der Waals surface area contributed by atoms with Crippen LogP contribution in [0.2, 0.25) is 0 Å². The van der Waals surface area contributed by atoms with Crippen molar-refractivity contribution in [2.24, 2.45) is 4.99 Å². The molecule has 0 bridgehead atoms. The van der Waals surface area contributed by atoms with Crippen molar-refractivity contribution in [3.8, 4) is 11.5 Å². The van der Waals surface area contributed by atoms with E-state index in [-0.39, 0.29) is 29.7 Å². The number of aliphatic imine (C=N–C) groups is 1. The molecule has 162 valence electrons. The fourth-order valence-electron chi connectivity index (χ4n) is 2.38. The summed E-state index contributed by atoms with van der Waals surface area (Å²) in [6.45, 7) is 5.89. The third kappa shape index (κ3) is 9.28. The largest absolute Gasteiger partial charge is 0.497 e. The van der Waals surface area contributed by atoms with Gasteiger partial charge in [-0.25, -0.2) is 13.1 Å². The van der Waals surface area contributed by atoms with E-state index >= 15 is 0 Å². The zero-order valence-electron chi connectivity index (χ0n) is 17.3. The Balaban J connectivity index is 0.00000729. The van der Waals surface area contributed by atoms with Gasteiger partial charge in [-0.05, 0) is 32.4 Å². The first-order valence-corrected chi connectivity index (χ1v) is 10.7. The minimum atomic E-state index is -3.15. The van der Waals surface area contributed by atoms with Crippen LogP contribution in [0.15, 0.2) is 23.2 Å². The van der Waals surface area contributed by atoms with Crippen LogP contribution in [0, 0.1) is 0 Å². The zero-order chi connectivity index (χ0) is 20.3. The molecule has 0 heterocycles. The Kier molecular flexibility index (Phi) is 13.2. The lowest BCUT2D eigenvalue weighted by molar-refractivity contribution is 0.382. The van der Waals surface area contributed by atoms with Crippen LogP contribution in [0.25, 0.3) is 0 Å². The van der Waals surface area contributed by atoms with Gasteiger partial charge in [0.2, 0.25) is 10.0 Å². The van der Waals surface area contributed by atoms with Crippen LogP contribution < -0.4 is 19.5 Å². The third-order valence-electron chi connectivity index (χ3n) is 3.90. The Morgan fingerprint density at radius 1 is 1.21 bits per heavy atom. The fourth-order valence-corrected chi connectivity index (χ4v) is 3.04. The Morgan fingerprint density at radius 3 is 2.50 bits per heavy atom. The van der Waals surface area contributed by atoms with Gasteiger partial charge in [-0.3, -0.25) is 4.99 Å². The topological polar surface area (TPSA) is 92.3 Å². The summed E-state index contributed by atoms with van der Waals surface area (Å²) >= 11 is 0. The average Bonchev–Trinajstić information content (AvgIpc) is 2.67. The molecule has 0 fully saturated rings. The summed E-state index contributed by atoms with van der Waals surface area (Å²) in [4.78, 5) is 6.58. The van der Waals surface area contributed by atoms with Crippen molar-refractivity contribution in [3.05, 3.63) is 23.8 Å². The number of hydrogen-bond acceptors (Lipinski definition) is 5. The maximum Gasteiger partial charge on any atom is 0.211 e. The molecule has 0 radical (unpaired) electrons. The van der Waals surface area contributed by atoms with Crippen LogP contribution in [0.1, 0.15) is 25.8 Å². The maximum atomic E-state index is 11.4. The molecular weight excluding hydrogens is 495 g/mol. The molecule has 10 heteroatoms. The van der Waals surface area contributed by atoms with Gasteiger partial charge in [-0.15, -0.1) is 24.0 Å². The number of benzene rings is 1. The molecule has 0 saturated carbocycles. The van der Waals surface area contributed by atoms with E-state index in [4.69, 9.17) is 9.47 Å². The van der Waals surface area contributed by atoms with E-state index in [1.165, 1.54) is 0 Å². The van der Waals surface area contributed by atoms with Gasteiger partial charge in [0, 0.05) is 44.9 Å². The van der Waals surface area contributed by atoms with Gasteiger partial charge in [0.15, 0.2) is 5.96 Å². The summed E-state index contributed by atoms with van der Waals surface area (Å²) in [5.74, 6) is 2.35. The quantitative estimate of drug-likeness (QED) is 0.198. The van der Waals surface area contributed by atoms with E-state index < -0.39 is 10.0 Å². The SMILES string of the molecule is CCNC(=NCCCNS(=O)(=O)CC)N(C)Cc1ccc(OC)cc1OC.I. The molecule has 1 aromatic rings. The summed E-state index contributed by atoms with van der Waals surface area (Å²) in [6, 6.07) is 5.72. The lowest BCUT2D eigenvalue weighted by Gasteiger charge is -2.23. The first-order valence-electron chi connectivity index (χ1n) is 9.04. The molecule has 0 amide bonds. The van der Waals surface area contributed by atoms with Gasteiger partial charge < -0.3 is 19.7 Å². The number of ether oxygens (including phenoxy) is 2. The smallest absolute Gasteiger partial charge is 0.211 e. The Bertz CT molecular complexity index is 714. The molecule has 0 saturated heterocycles. The van der Waals surface area contributed by atoms with Crippen molar-refractivity contribution in [1.82, 2.24) is 14.9 Å². The van der Waals surface area contributed by atoms with Crippen molar-refractivity contribution >= 4 is 40.0 Å². The Labute approximate surface area is 186 Å². The molecule has 0 aliphatic carbocycles. The lowest BCUT2D eigenvalue weighted by Crippen LogP contribution is -2.38. The van der Waals surface area contributed by atoms with E-state index in [1.807, 2.05) is 37.1 Å². The highest BCUT2D eigenvalue weighted by atomic mass is 127. The molecule has 1 aromatic carbocycles. The number of halogens is 1. The van der Waals surface area contributed by atoms with Crippen molar-refractivity contribution in [2.75, 3.05) is 46.7 Å². The second kappa shape index (κ2) is 13.8. The highest BCUT2D eigenvalue weighted by molar-refractivity contribution is 14.0. The molecule has 0 unspecified atom stereocenters. The highest BCUT2D eigenvalue weighted by Gasteiger charge is 2.11. The lowest BCUT2D eigenvalue weighted by atomic mass is 10.2. The third-order valence-corrected chi connectivity index (χ3v) is 5.30. The van der Waals surface area contributed by atoms with Crippen molar-refractivity contribution < 1.29 is 17.9 Å². The van der Waals surface area contributed by atoms with E-state index in [0.29, 0.717) is 26.1 Å². The average molecular weight is 528 g/mol. The minimum absolute atomic E-state index is 0. The van der Waals surface area contributed by atoms with Gasteiger partial charge in [-0.1, -0.05) is 0 Å². The van der Waals surface area contributed by atoms with E-state index in [9.17, 15) is 8.42 Å².